The molecule has 0 fully saturated rings. The molecule has 0 bridgehead atoms. The van der Waals surface area contributed by atoms with Crippen molar-refractivity contribution >= 4 is 27.9 Å². The number of rotatable bonds is 3. The molecule has 1 amide bonds. The number of hydrogen-bond acceptors (Lipinski definition) is 4. The summed E-state index contributed by atoms with van der Waals surface area (Å²) in [6.45, 7) is 0. The van der Waals surface area contributed by atoms with Gasteiger partial charge in [-0.25, -0.2) is 5.43 Å². The van der Waals surface area contributed by atoms with E-state index in [2.05, 4.69) is 15.9 Å². The van der Waals surface area contributed by atoms with Crippen LogP contribution in [0, 0.1) is 0 Å². The van der Waals surface area contributed by atoms with E-state index in [1.807, 2.05) is 30.3 Å². The van der Waals surface area contributed by atoms with E-state index in [1.165, 1.54) is 0 Å². The van der Waals surface area contributed by atoms with Gasteiger partial charge >= 0.3 is 0 Å². The number of nitrogens with one attached hydrogen (secondary N) is 1. The predicted molar refractivity (Wildman–Crippen MR) is 56.9 cm³/mol. The summed E-state index contributed by atoms with van der Waals surface area (Å²) in [7, 11) is 0. The fourth-order valence-corrected chi connectivity index (χ4v) is 1.26. The number of hydrogen-bond donors (Lipinski definition) is 3. The number of nitrogens with zero attached hydrogens (tertiary/aromatic N) is 1. The van der Waals surface area contributed by atoms with Crippen molar-refractivity contribution in [3.05, 3.63) is 40.4 Å². The van der Waals surface area contributed by atoms with Gasteiger partial charge in [0.1, 0.15) is 0 Å². The van der Waals surface area contributed by atoms with Gasteiger partial charge in [-0.05, 0) is 27.6 Å². The molecule has 15 heavy (non-hydrogen) atoms. The Kier molecular flexibility index (Phi) is 4.44. The van der Waals surface area contributed by atoms with Crippen molar-refractivity contribution in [3.8, 4) is 0 Å². The summed E-state index contributed by atoms with van der Waals surface area (Å²) in [6, 6.07) is 9.13. The highest BCUT2D eigenvalue weighted by Crippen LogP contribution is 2.11. The lowest BCUT2D eigenvalue weighted by Crippen LogP contribution is -2.37. The van der Waals surface area contributed by atoms with Crippen LogP contribution in [0.2, 0.25) is 0 Å². The first-order valence-corrected chi connectivity index (χ1v) is 4.80. The maximum absolute atomic E-state index is 11.2. The van der Waals surface area contributed by atoms with Crippen LogP contribution < -0.4 is 5.43 Å². The number of hydrazine groups is 1. The molecule has 0 heterocycles. The minimum atomic E-state index is -0.663. The Morgan fingerprint density at radius 1 is 1.33 bits per heavy atom. The van der Waals surface area contributed by atoms with Gasteiger partial charge in [0.2, 0.25) is 0 Å². The highest BCUT2D eigenvalue weighted by atomic mass is 79.9. The first-order chi connectivity index (χ1) is 7.09. The molecule has 0 aliphatic heterocycles. The first kappa shape index (κ1) is 11.9. The molecule has 0 saturated carbocycles. The van der Waals surface area contributed by atoms with Crippen LogP contribution in [0.25, 0.3) is 6.08 Å². The molecular formula is C9H9BrN2O3. The minimum absolute atomic E-state index is 0.182. The molecule has 0 unspecified atom stereocenters. The summed E-state index contributed by atoms with van der Waals surface area (Å²) in [5.41, 5.74) is 2.57. The van der Waals surface area contributed by atoms with Gasteiger partial charge in [0.15, 0.2) is 0 Å². The van der Waals surface area contributed by atoms with Crippen molar-refractivity contribution < 1.29 is 15.2 Å². The van der Waals surface area contributed by atoms with Crippen molar-refractivity contribution in [2.75, 3.05) is 0 Å². The first-order valence-electron chi connectivity index (χ1n) is 4.00. The smallest absolute Gasteiger partial charge is 0.271 e. The second-order valence-electron chi connectivity index (χ2n) is 2.63. The Balaban J connectivity index is 2.72. The lowest BCUT2D eigenvalue weighted by molar-refractivity contribution is -0.334. The molecule has 3 N–H and O–H groups in total. The summed E-state index contributed by atoms with van der Waals surface area (Å²) in [5.74, 6) is -0.663. The third-order valence-corrected chi connectivity index (χ3v) is 2.10. The highest BCUT2D eigenvalue weighted by molar-refractivity contribution is 9.12. The number of amides is 1. The van der Waals surface area contributed by atoms with E-state index in [0.717, 1.165) is 5.56 Å². The summed E-state index contributed by atoms with van der Waals surface area (Å²) in [6.07, 6.45) is 1.55. The Morgan fingerprint density at radius 3 is 2.47 bits per heavy atom. The Morgan fingerprint density at radius 2 is 1.93 bits per heavy atom. The Hall–Kier alpha value is -1.21. The van der Waals surface area contributed by atoms with Crippen LogP contribution in [0.1, 0.15) is 5.56 Å². The van der Waals surface area contributed by atoms with E-state index in [9.17, 15) is 4.79 Å². The molecule has 1 aromatic carbocycles. The third-order valence-electron chi connectivity index (χ3n) is 1.51. The standard InChI is InChI=1S/C9H9BrN2O3/c10-8(9(13)11-12(14)15)6-7-4-2-1-3-5-7/h1-6,14-15H,(H,11,13). The maximum Gasteiger partial charge on any atom is 0.276 e. The number of carbonyl (C=O) groups is 1. The molecule has 5 nitrogen and oxygen atoms in total. The normalized spacial score (nSPS) is 11.6. The van der Waals surface area contributed by atoms with E-state index in [-0.39, 0.29) is 4.48 Å². The highest BCUT2D eigenvalue weighted by Gasteiger charge is 2.07. The predicted octanol–water partition coefficient (Wildman–Crippen LogP) is 1.53. The molecule has 0 spiro atoms. The van der Waals surface area contributed by atoms with Crippen molar-refractivity contribution in [2.45, 2.75) is 0 Å². The van der Waals surface area contributed by atoms with Crippen LogP contribution in [-0.2, 0) is 4.79 Å². The lowest BCUT2D eigenvalue weighted by atomic mass is 10.2. The third kappa shape index (κ3) is 4.22. The summed E-state index contributed by atoms with van der Waals surface area (Å²) >= 11 is 3.01. The average Bonchev–Trinajstić information content (AvgIpc) is 2.18. The zero-order valence-corrected chi connectivity index (χ0v) is 9.18. The molecule has 0 aliphatic rings. The van der Waals surface area contributed by atoms with Crippen molar-refractivity contribution in [3.63, 3.8) is 0 Å². The largest absolute Gasteiger partial charge is 0.276 e. The molecule has 0 atom stereocenters. The average molecular weight is 273 g/mol. The molecule has 0 aromatic heterocycles. The van der Waals surface area contributed by atoms with Gasteiger partial charge in [0.25, 0.3) is 5.91 Å². The van der Waals surface area contributed by atoms with Gasteiger partial charge in [-0.15, -0.1) is 0 Å². The molecule has 1 aromatic rings. The molecule has 6 heteroatoms. The number of halogens is 1. The molecular weight excluding hydrogens is 264 g/mol. The van der Waals surface area contributed by atoms with Crippen molar-refractivity contribution in [1.29, 1.82) is 0 Å². The lowest BCUT2D eigenvalue weighted by Gasteiger charge is -2.06. The monoisotopic (exact) mass is 272 g/mol. The van der Waals surface area contributed by atoms with Gasteiger partial charge in [-0.3, -0.25) is 15.2 Å². The minimum Gasteiger partial charge on any atom is -0.271 e. The summed E-state index contributed by atoms with van der Waals surface area (Å²) in [5, 5.41) is 16.3. The maximum atomic E-state index is 11.2. The fraction of sp³-hybridized carbons (Fsp3) is 0. The second-order valence-corrected chi connectivity index (χ2v) is 3.49. The summed E-state index contributed by atoms with van der Waals surface area (Å²) < 4.78 is 0.182. The molecule has 0 radical (unpaired) electrons. The second kappa shape index (κ2) is 5.62. The fourth-order valence-electron chi connectivity index (χ4n) is 0.905. The van der Waals surface area contributed by atoms with E-state index >= 15 is 0 Å². The molecule has 80 valence electrons. The van der Waals surface area contributed by atoms with Gasteiger partial charge in [-0.1, -0.05) is 30.3 Å². The zero-order chi connectivity index (χ0) is 11.3. The number of carbonyl (C=O) groups excluding carboxylic acids is 1. The zero-order valence-electron chi connectivity index (χ0n) is 7.59. The Bertz CT molecular complexity index is 365. The Labute approximate surface area is 94.6 Å². The van der Waals surface area contributed by atoms with E-state index in [0.29, 0.717) is 0 Å². The van der Waals surface area contributed by atoms with Crippen LogP contribution in [0.5, 0.6) is 0 Å². The van der Waals surface area contributed by atoms with Gasteiger partial charge in [0, 0.05) is 5.34 Å². The SMILES string of the molecule is O=C(NN(O)O)C(Br)=Cc1ccccc1. The van der Waals surface area contributed by atoms with Gasteiger partial charge in [0.05, 0.1) is 4.48 Å². The molecule has 0 saturated heterocycles. The molecule has 0 aliphatic carbocycles. The van der Waals surface area contributed by atoms with E-state index in [4.69, 9.17) is 10.4 Å². The van der Waals surface area contributed by atoms with Crippen LogP contribution in [0.4, 0.5) is 0 Å². The van der Waals surface area contributed by atoms with Crippen molar-refractivity contribution in [2.24, 2.45) is 0 Å². The van der Waals surface area contributed by atoms with Crippen LogP contribution in [-0.4, -0.2) is 21.7 Å². The number of benzene rings is 1. The van der Waals surface area contributed by atoms with Gasteiger partial charge < -0.3 is 0 Å². The molecule has 1 rings (SSSR count). The topological polar surface area (TPSA) is 72.8 Å². The summed E-state index contributed by atoms with van der Waals surface area (Å²) in [4.78, 5) is 11.2. The van der Waals surface area contributed by atoms with E-state index < -0.39 is 11.2 Å². The quantitative estimate of drug-likeness (QED) is 0.577. The van der Waals surface area contributed by atoms with E-state index in [1.54, 1.807) is 11.5 Å². The van der Waals surface area contributed by atoms with Crippen LogP contribution in [0.15, 0.2) is 34.8 Å². The van der Waals surface area contributed by atoms with Crippen LogP contribution >= 0.6 is 15.9 Å². The van der Waals surface area contributed by atoms with Crippen LogP contribution in [0.3, 0.4) is 0 Å². The van der Waals surface area contributed by atoms with Gasteiger partial charge in [-0.2, -0.15) is 0 Å². The van der Waals surface area contributed by atoms with Crippen molar-refractivity contribution in [1.82, 2.24) is 10.8 Å².